The van der Waals surface area contributed by atoms with E-state index in [1.54, 1.807) is 12.1 Å². The predicted octanol–water partition coefficient (Wildman–Crippen LogP) is 2.82. The van der Waals surface area contributed by atoms with Gasteiger partial charge in [-0.05, 0) is 17.5 Å². The zero-order chi connectivity index (χ0) is 18.1. The number of carbonyl (C=O) groups is 1. The second-order valence-electron chi connectivity index (χ2n) is 5.74. The molecule has 2 aromatic heterocycles. The Bertz CT molecular complexity index is 1030. The number of aromatic nitrogens is 3. The topological polar surface area (TPSA) is 96.6 Å². The minimum absolute atomic E-state index is 0.140. The maximum Gasteiger partial charge on any atom is 0.274 e. The Labute approximate surface area is 147 Å². The summed E-state index contributed by atoms with van der Waals surface area (Å²) in [6.45, 7) is 3.96. The monoisotopic (exact) mass is 358 g/mol. The Morgan fingerprint density at radius 1 is 1.36 bits per heavy atom. The van der Waals surface area contributed by atoms with Gasteiger partial charge in [-0.1, -0.05) is 37.6 Å². The number of hydrogen-bond donors (Lipinski definition) is 2. The van der Waals surface area contributed by atoms with Gasteiger partial charge in [0.25, 0.3) is 11.5 Å². The molecule has 0 radical (unpaired) electrons. The fraction of sp³-hybridized carbons (Fsp3) is 0.176. The number of carbonyl (C=O) groups excluding carboxylic acids is 1. The third kappa shape index (κ3) is 3.06. The van der Waals surface area contributed by atoms with Gasteiger partial charge >= 0.3 is 0 Å². The molecule has 0 atom stereocenters. The number of amides is 1. The van der Waals surface area contributed by atoms with E-state index in [9.17, 15) is 14.7 Å². The van der Waals surface area contributed by atoms with Crippen LogP contribution in [0.15, 0.2) is 41.6 Å². The van der Waals surface area contributed by atoms with Gasteiger partial charge in [-0.3, -0.25) is 19.0 Å². The van der Waals surface area contributed by atoms with E-state index in [0.29, 0.717) is 10.7 Å². The van der Waals surface area contributed by atoms with Crippen molar-refractivity contribution in [1.82, 2.24) is 14.4 Å². The highest BCUT2D eigenvalue weighted by molar-refractivity contribution is 6.34. The molecule has 7 nitrogen and oxygen atoms in total. The summed E-state index contributed by atoms with van der Waals surface area (Å²) in [6.07, 6.45) is 4.07. The third-order valence-corrected chi connectivity index (χ3v) is 4.16. The summed E-state index contributed by atoms with van der Waals surface area (Å²) in [5.41, 5.74) is 0.203. The summed E-state index contributed by atoms with van der Waals surface area (Å²) in [5.74, 6) is -1.28. The van der Waals surface area contributed by atoms with Crippen molar-refractivity contribution in [2.75, 3.05) is 5.32 Å². The summed E-state index contributed by atoms with van der Waals surface area (Å²) in [5, 5.41) is 13.0. The molecule has 1 aromatic carbocycles. The molecular weight excluding hydrogens is 344 g/mol. The second kappa shape index (κ2) is 6.52. The average molecular weight is 359 g/mol. The predicted molar refractivity (Wildman–Crippen MR) is 94.4 cm³/mol. The second-order valence-corrected chi connectivity index (χ2v) is 6.12. The van der Waals surface area contributed by atoms with Crippen molar-refractivity contribution in [2.45, 2.75) is 19.8 Å². The van der Waals surface area contributed by atoms with E-state index >= 15 is 0 Å². The fourth-order valence-electron chi connectivity index (χ4n) is 2.46. The van der Waals surface area contributed by atoms with E-state index in [2.05, 4.69) is 15.3 Å². The van der Waals surface area contributed by atoms with Crippen LogP contribution in [-0.4, -0.2) is 25.4 Å². The lowest BCUT2D eigenvalue weighted by Gasteiger charge is -2.13. The molecule has 0 spiro atoms. The number of hydrogen-bond acceptors (Lipinski definition) is 5. The van der Waals surface area contributed by atoms with Crippen LogP contribution in [0.1, 0.15) is 35.7 Å². The van der Waals surface area contributed by atoms with Crippen molar-refractivity contribution < 1.29 is 9.90 Å². The molecule has 0 fully saturated rings. The van der Waals surface area contributed by atoms with Crippen molar-refractivity contribution in [3.8, 4) is 5.88 Å². The first-order valence-corrected chi connectivity index (χ1v) is 7.93. The molecule has 0 unspecified atom stereocenters. The quantitative estimate of drug-likeness (QED) is 0.750. The third-order valence-electron chi connectivity index (χ3n) is 3.74. The highest BCUT2D eigenvalue weighted by Gasteiger charge is 2.21. The lowest BCUT2D eigenvalue weighted by Crippen LogP contribution is -2.27. The van der Waals surface area contributed by atoms with Gasteiger partial charge in [-0.2, -0.15) is 4.98 Å². The number of fused-ring (bicyclic) bond motifs is 1. The van der Waals surface area contributed by atoms with Crippen molar-refractivity contribution >= 4 is 28.8 Å². The summed E-state index contributed by atoms with van der Waals surface area (Å²) in [7, 11) is 0. The number of nitrogens with zero attached hydrogens (tertiary/aromatic N) is 3. The van der Waals surface area contributed by atoms with Crippen LogP contribution in [0.3, 0.4) is 0 Å². The van der Waals surface area contributed by atoms with E-state index in [1.807, 2.05) is 19.9 Å². The average Bonchev–Trinajstić information content (AvgIpc) is 2.56. The number of halogens is 1. The van der Waals surface area contributed by atoms with Crippen LogP contribution in [0.5, 0.6) is 5.88 Å². The lowest BCUT2D eigenvalue weighted by molar-refractivity contribution is 0.102. The fourth-order valence-corrected chi connectivity index (χ4v) is 2.86. The van der Waals surface area contributed by atoms with Gasteiger partial charge < -0.3 is 10.4 Å². The normalized spacial score (nSPS) is 11.0. The van der Waals surface area contributed by atoms with Gasteiger partial charge in [-0.25, -0.2) is 0 Å². The van der Waals surface area contributed by atoms with Crippen LogP contribution in [-0.2, 0) is 0 Å². The van der Waals surface area contributed by atoms with Crippen molar-refractivity contribution in [2.24, 2.45) is 0 Å². The van der Waals surface area contributed by atoms with Gasteiger partial charge in [0.05, 0.1) is 16.9 Å². The Hall–Kier alpha value is -2.93. The maximum absolute atomic E-state index is 12.5. The first-order chi connectivity index (χ1) is 11.9. The van der Waals surface area contributed by atoms with Crippen LogP contribution in [0.25, 0.3) is 5.65 Å². The number of rotatable bonds is 3. The molecule has 2 N–H and O–H groups in total. The van der Waals surface area contributed by atoms with E-state index in [4.69, 9.17) is 11.6 Å². The summed E-state index contributed by atoms with van der Waals surface area (Å²) >= 11 is 6.33. The minimum atomic E-state index is -0.788. The number of benzene rings is 1. The van der Waals surface area contributed by atoms with Gasteiger partial charge in [0.2, 0.25) is 5.88 Å². The largest absolute Gasteiger partial charge is 0.493 e. The molecule has 3 rings (SSSR count). The molecule has 2 heterocycles. The first-order valence-electron chi connectivity index (χ1n) is 7.55. The van der Waals surface area contributed by atoms with Crippen molar-refractivity contribution in [3.05, 3.63) is 63.3 Å². The van der Waals surface area contributed by atoms with Crippen molar-refractivity contribution in [1.29, 1.82) is 0 Å². The smallest absolute Gasteiger partial charge is 0.274 e. The van der Waals surface area contributed by atoms with Crippen LogP contribution in [0.4, 0.5) is 5.69 Å². The Kier molecular flexibility index (Phi) is 4.41. The molecular formula is C17H15ClN4O3. The molecule has 25 heavy (non-hydrogen) atoms. The van der Waals surface area contributed by atoms with Crippen LogP contribution < -0.4 is 10.9 Å². The molecule has 0 bridgehead atoms. The zero-order valence-electron chi connectivity index (χ0n) is 13.5. The zero-order valence-corrected chi connectivity index (χ0v) is 14.3. The summed E-state index contributed by atoms with van der Waals surface area (Å²) < 4.78 is 1.13. The first kappa shape index (κ1) is 16.9. The molecule has 0 aliphatic carbocycles. The molecule has 3 aromatic rings. The molecule has 1 amide bonds. The van der Waals surface area contributed by atoms with E-state index < -0.39 is 22.9 Å². The highest BCUT2D eigenvalue weighted by atomic mass is 35.5. The molecule has 0 aliphatic rings. The van der Waals surface area contributed by atoms with Gasteiger partial charge in [0.15, 0.2) is 11.2 Å². The van der Waals surface area contributed by atoms with Gasteiger partial charge in [0.1, 0.15) is 0 Å². The minimum Gasteiger partial charge on any atom is -0.493 e. The van der Waals surface area contributed by atoms with Gasteiger partial charge in [-0.15, -0.1) is 0 Å². The molecule has 8 heteroatoms. The molecule has 0 aliphatic heterocycles. The Balaban J connectivity index is 2.05. The molecule has 0 saturated heterocycles. The number of nitrogens with one attached hydrogen (secondary N) is 1. The van der Waals surface area contributed by atoms with Crippen LogP contribution in [0.2, 0.25) is 5.02 Å². The number of aromatic hydroxyl groups is 1. The van der Waals surface area contributed by atoms with E-state index in [1.165, 1.54) is 18.6 Å². The number of anilines is 1. The summed E-state index contributed by atoms with van der Waals surface area (Å²) in [4.78, 5) is 32.7. The van der Waals surface area contributed by atoms with E-state index in [-0.39, 0.29) is 11.6 Å². The van der Waals surface area contributed by atoms with E-state index in [0.717, 1.165) is 9.96 Å². The highest BCUT2D eigenvalue weighted by Crippen LogP contribution is 2.31. The Morgan fingerprint density at radius 2 is 2.12 bits per heavy atom. The standard InChI is InChI=1S/C17H15ClN4O3/c1-9(2)10-4-3-5-11(14(10)18)20-15(23)13-16(24)21-12-8-19-6-7-22(12)17(13)25/h3-9,24H,1-2H3,(H,20,23). The summed E-state index contributed by atoms with van der Waals surface area (Å²) in [6, 6.07) is 5.24. The van der Waals surface area contributed by atoms with Crippen molar-refractivity contribution in [3.63, 3.8) is 0 Å². The van der Waals surface area contributed by atoms with Gasteiger partial charge in [0, 0.05) is 12.4 Å². The molecule has 0 saturated carbocycles. The maximum atomic E-state index is 12.5. The van der Waals surface area contributed by atoms with Crippen LogP contribution >= 0.6 is 11.6 Å². The lowest BCUT2D eigenvalue weighted by atomic mass is 10.0. The van der Waals surface area contributed by atoms with Crippen LogP contribution in [0, 0.1) is 0 Å². The SMILES string of the molecule is CC(C)c1cccc(NC(=O)c2c(O)nc3cnccn3c2=O)c1Cl. The molecule has 128 valence electrons. The Morgan fingerprint density at radius 3 is 2.84 bits per heavy atom.